The number of thiocarbonyl (C=S) groups is 1. The Balaban J connectivity index is 1.87. The van der Waals surface area contributed by atoms with Crippen LogP contribution in [0.1, 0.15) is 33.1 Å². The lowest BCUT2D eigenvalue weighted by Crippen LogP contribution is -2.45. The van der Waals surface area contributed by atoms with E-state index in [9.17, 15) is 0 Å². The molecule has 0 heterocycles. The standard InChI is InChI=1S/C15H22N2S/c1-11-7-6-10-14(12(11)2)17-15(18)16-13-8-4-3-5-9-13/h3-5,8-9,11-12,14H,6-7,10H2,1-2H3,(H2,16,17,18)/t11-,12+,14+/m1/s1. The summed E-state index contributed by atoms with van der Waals surface area (Å²) in [6.45, 7) is 4.67. The van der Waals surface area contributed by atoms with Crippen LogP contribution in [-0.4, -0.2) is 11.2 Å². The molecule has 1 saturated carbocycles. The molecule has 1 aliphatic carbocycles. The average molecular weight is 262 g/mol. The van der Waals surface area contributed by atoms with Gasteiger partial charge in [-0.05, 0) is 42.6 Å². The summed E-state index contributed by atoms with van der Waals surface area (Å²) in [5.74, 6) is 1.48. The van der Waals surface area contributed by atoms with E-state index in [4.69, 9.17) is 12.2 Å². The summed E-state index contributed by atoms with van der Waals surface area (Å²) >= 11 is 5.39. The third-order valence-electron chi connectivity index (χ3n) is 4.05. The zero-order valence-corrected chi connectivity index (χ0v) is 12.0. The molecule has 0 amide bonds. The van der Waals surface area contributed by atoms with Crippen LogP contribution in [0.2, 0.25) is 0 Å². The second kappa shape index (κ2) is 6.19. The lowest BCUT2D eigenvalue weighted by Gasteiger charge is -2.35. The molecule has 3 atom stereocenters. The van der Waals surface area contributed by atoms with Gasteiger partial charge in [0.2, 0.25) is 0 Å². The van der Waals surface area contributed by atoms with Gasteiger partial charge in [0.05, 0.1) is 0 Å². The molecule has 0 aromatic heterocycles. The predicted molar refractivity (Wildman–Crippen MR) is 81.8 cm³/mol. The molecular weight excluding hydrogens is 240 g/mol. The molecule has 2 N–H and O–H groups in total. The van der Waals surface area contributed by atoms with Crippen LogP contribution in [0, 0.1) is 11.8 Å². The monoisotopic (exact) mass is 262 g/mol. The normalized spacial score (nSPS) is 27.6. The van der Waals surface area contributed by atoms with Gasteiger partial charge < -0.3 is 10.6 Å². The van der Waals surface area contributed by atoms with E-state index in [2.05, 4.69) is 24.5 Å². The van der Waals surface area contributed by atoms with Crippen molar-refractivity contribution in [1.29, 1.82) is 0 Å². The summed E-state index contributed by atoms with van der Waals surface area (Å²) in [5.41, 5.74) is 1.05. The number of hydrogen-bond donors (Lipinski definition) is 2. The van der Waals surface area contributed by atoms with Gasteiger partial charge in [0, 0.05) is 11.7 Å². The van der Waals surface area contributed by atoms with Gasteiger partial charge >= 0.3 is 0 Å². The van der Waals surface area contributed by atoms with Gasteiger partial charge in [0.25, 0.3) is 0 Å². The largest absolute Gasteiger partial charge is 0.359 e. The zero-order valence-electron chi connectivity index (χ0n) is 11.1. The van der Waals surface area contributed by atoms with Crippen molar-refractivity contribution in [2.75, 3.05) is 5.32 Å². The third-order valence-corrected chi connectivity index (χ3v) is 4.27. The van der Waals surface area contributed by atoms with E-state index in [0.29, 0.717) is 12.0 Å². The van der Waals surface area contributed by atoms with Crippen LogP contribution in [0.4, 0.5) is 5.69 Å². The van der Waals surface area contributed by atoms with Gasteiger partial charge in [-0.2, -0.15) is 0 Å². The highest BCUT2D eigenvalue weighted by Crippen LogP contribution is 2.29. The Labute approximate surface area is 115 Å². The first-order valence-corrected chi connectivity index (χ1v) is 7.20. The minimum Gasteiger partial charge on any atom is -0.359 e. The molecule has 1 aliphatic rings. The van der Waals surface area contributed by atoms with Crippen molar-refractivity contribution in [3.05, 3.63) is 30.3 Å². The minimum absolute atomic E-state index is 0.512. The van der Waals surface area contributed by atoms with Crippen LogP contribution in [0.25, 0.3) is 0 Å². The van der Waals surface area contributed by atoms with Crippen molar-refractivity contribution in [3.8, 4) is 0 Å². The van der Waals surface area contributed by atoms with Crippen LogP contribution in [0.5, 0.6) is 0 Å². The van der Waals surface area contributed by atoms with Crippen molar-refractivity contribution in [2.24, 2.45) is 11.8 Å². The summed E-state index contributed by atoms with van der Waals surface area (Å²) in [7, 11) is 0. The number of hydrogen-bond acceptors (Lipinski definition) is 1. The molecule has 0 spiro atoms. The molecule has 18 heavy (non-hydrogen) atoms. The van der Waals surface area contributed by atoms with Gasteiger partial charge in [-0.25, -0.2) is 0 Å². The van der Waals surface area contributed by atoms with E-state index in [1.165, 1.54) is 19.3 Å². The Morgan fingerprint density at radius 2 is 1.89 bits per heavy atom. The number of rotatable bonds is 2. The molecule has 0 aliphatic heterocycles. The quantitative estimate of drug-likeness (QED) is 0.793. The molecule has 0 radical (unpaired) electrons. The molecule has 3 heteroatoms. The highest BCUT2D eigenvalue weighted by atomic mass is 32.1. The van der Waals surface area contributed by atoms with Crippen molar-refractivity contribution < 1.29 is 0 Å². The Kier molecular flexibility index (Phi) is 4.59. The molecule has 2 nitrogen and oxygen atoms in total. The predicted octanol–water partition coefficient (Wildman–Crippen LogP) is 3.80. The van der Waals surface area contributed by atoms with E-state index in [1.807, 2.05) is 30.3 Å². The second-order valence-corrected chi connectivity index (χ2v) is 5.75. The summed E-state index contributed by atoms with van der Waals surface area (Å²) in [6.07, 6.45) is 3.87. The summed E-state index contributed by atoms with van der Waals surface area (Å²) in [4.78, 5) is 0. The number of anilines is 1. The molecule has 0 saturated heterocycles. The first-order chi connectivity index (χ1) is 8.66. The van der Waals surface area contributed by atoms with Crippen LogP contribution >= 0.6 is 12.2 Å². The van der Waals surface area contributed by atoms with Crippen molar-refractivity contribution in [1.82, 2.24) is 5.32 Å². The zero-order chi connectivity index (χ0) is 13.0. The van der Waals surface area contributed by atoms with Crippen LogP contribution in [-0.2, 0) is 0 Å². The highest BCUT2D eigenvalue weighted by Gasteiger charge is 2.27. The number of nitrogens with one attached hydrogen (secondary N) is 2. The lowest BCUT2D eigenvalue weighted by atomic mass is 9.78. The Morgan fingerprint density at radius 1 is 1.17 bits per heavy atom. The molecule has 98 valence electrons. The van der Waals surface area contributed by atoms with E-state index in [1.54, 1.807) is 0 Å². The molecule has 0 unspecified atom stereocenters. The van der Waals surface area contributed by atoms with Gasteiger partial charge in [-0.3, -0.25) is 0 Å². The second-order valence-electron chi connectivity index (χ2n) is 5.34. The fourth-order valence-corrected chi connectivity index (χ4v) is 2.91. The third kappa shape index (κ3) is 3.45. The van der Waals surface area contributed by atoms with Gasteiger partial charge in [0.15, 0.2) is 5.11 Å². The van der Waals surface area contributed by atoms with Crippen molar-refractivity contribution >= 4 is 23.0 Å². The summed E-state index contributed by atoms with van der Waals surface area (Å²) < 4.78 is 0. The molecule has 1 aromatic rings. The SMILES string of the molecule is C[C@H]1[C@H](C)CCC[C@@H]1NC(=S)Nc1ccccc1. The van der Waals surface area contributed by atoms with Crippen LogP contribution in [0.3, 0.4) is 0 Å². The minimum atomic E-state index is 0.512. The Bertz CT molecular complexity index is 391. The highest BCUT2D eigenvalue weighted by molar-refractivity contribution is 7.80. The van der Waals surface area contributed by atoms with E-state index in [-0.39, 0.29) is 0 Å². The fourth-order valence-electron chi connectivity index (χ4n) is 2.64. The van der Waals surface area contributed by atoms with Crippen LogP contribution < -0.4 is 10.6 Å². The first kappa shape index (κ1) is 13.3. The van der Waals surface area contributed by atoms with E-state index >= 15 is 0 Å². The number of benzene rings is 1. The first-order valence-electron chi connectivity index (χ1n) is 6.79. The molecule has 0 bridgehead atoms. The van der Waals surface area contributed by atoms with E-state index in [0.717, 1.165) is 16.7 Å². The smallest absolute Gasteiger partial charge is 0.171 e. The van der Waals surface area contributed by atoms with E-state index < -0.39 is 0 Å². The number of para-hydroxylation sites is 1. The fraction of sp³-hybridized carbons (Fsp3) is 0.533. The van der Waals surface area contributed by atoms with Gasteiger partial charge in [-0.1, -0.05) is 44.9 Å². The maximum atomic E-state index is 5.39. The van der Waals surface area contributed by atoms with Gasteiger partial charge in [-0.15, -0.1) is 0 Å². The maximum Gasteiger partial charge on any atom is 0.171 e. The van der Waals surface area contributed by atoms with Crippen LogP contribution in [0.15, 0.2) is 30.3 Å². The molecule has 1 aromatic carbocycles. The molecule has 2 rings (SSSR count). The topological polar surface area (TPSA) is 24.1 Å². The Hall–Kier alpha value is -1.09. The lowest BCUT2D eigenvalue weighted by molar-refractivity contribution is 0.225. The summed E-state index contributed by atoms with van der Waals surface area (Å²) in [6, 6.07) is 10.6. The Morgan fingerprint density at radius 3 is 2.61 bits per heavy atom. The van der Waals surface area contributed by atoms with Crippen molar-refractivity contribution in [3.63, 3.8) is 0 Å². The summed E-state index contributed by atoms with van der Waals surface area (Å²) in [5, 5.41) is 7.46. The average Bonchev–Trinajstić information content (AvgIpc) is 2.36. The maximum absolute atomic E-state index is 5.39. The van der Waals surface area contributed by atoms with Gasteiger partial charge in [0.1, 0.15) is 0 Å². The van der Waals surface area contributed by atoms with Crippen molar-refractivity contribution in [2.45, 2.75) is 39.2 Å². The molecular formula is C15H22N2S. The molecule has 1 fully saturated rings.